The lowest BCUT2D eigenvalue weighted by molar-refractivity contribution is 0.444. The molecule has 434 valence electrons. The normalized spacial score (nSPS) is 16.0. The van der Waals surface area contributed by atoms with Gasteiger partial charge in [0.05, 0.1) is 0 Å². The topological polar surface area (TPSA) is 12.4 Å². The van der Waals surface area contributed by atoms with Gasteiger partial charge in [0, 0.05) is 17.8 Å². The maximum absolute atomic E-state index is 4.97. The van der Waals surface area contributed by atoms with Gasteiger partial charge in [-0.1, -0.05) is 333 Å². The molecule has 0 spiro atoms. The van der Waals surface area contributed by atoms with Crippen molar-refractivity contribution in [2.75, 3.05) is 0 Å². The maximum atomic E-state index is 4.97. The highest BCUT2D eigenvalue weighted by Gasteiger charge is 2.38. The third-order valence-corrected chi connectivity index (χ3v) is 26.9. The first-order chi connectivity index (χ1) is 39.5. The fourth-order valence-electron chi connectivity index (χ4n) is 13.6. The van der Waals surface area contributed by atoms with Crippen molar-refractivity contribution >= 4 is 56.5 Å². The van der Waals surface area contributed by atoms with E-state index in [4.69, 9.17) is 4.99 Å². The molecular formula is C78H102NP3. The lowest BCUT2D eigenvalue weighted by atomic mass is 9.82. The molecule has 0 bridgehead atoms. The summed E-state index contributed by atoms with van der Waals surface area (Å²) < 4.78 is 0. The molecule has 3 aliphatic rings. The van der Waals surface area contributed by atoms with Crippen molar-refractivity contribution in [1.82, 2.24) is 0 Å². The fourth-order valence-corrected chi connectivity index (χ4v) is 24.2. The van der Waals surface area contributed by atoms with Crippen molar-refractivity contribution in [2.45, 2.75) is 225 Å². The largest absolute Gasteiger partial charge is 0.289 e. The number of aliphatic imine (C=N–C) groups is 1. The molecule has 3 saturated carbocycles. The van der Waals surface area contributed by atoms with Crippen LogP contribution >= 0.6 is 23.8 Å². The quantitative estimate of drug-likeness (QED) is 0.0760. The van der Waals surface area contributed by atoms with Crippen LogP contribution in [0.4, 0.5) is 0 Å². The van der Waals surface area contributed by atoms with E-state index in [-0.39, 0.29) is 15.8 Å². The minimum atomic E-state index is -0.587. The van der Waals surface area contributed by atoms with Crippen LogP contribution in [0.2, 0.25) is 0 Å². The summed E-state index contributed by atoms with van der Waals surface area (Å²) in [6, 6.07) is 65.7. The van der Waals surface area contributed by atoms with Crippen LogP contribution in [0.3, 0.4) is 0 Å². The first kappa shape index (κ1) is 63.5. The molecule has 0 atom stereocenters. The van der Waals surface area contributed by atoms with Crippen molar-refractivity contribution in [3.63, 3.8) is 0 Å². The molecule has 7 aromatic carbocycles. The summed E-state index contributed by atoms with van der Waals surface area (Å²) in [7, 11) is -0.989. The summed E-state index contributed by atoms with van der Waals surface area (Å²) >= 11 is 0. The molecule has 0 N–H and O–H groups in total. The fraction of sp³-hybridized carbons (Fsp3) is 0.449. The second kappa shape index (κ2) is 30.5. The smallest absolute Gasteiger partial charge is 0.0499 e. The molecular weight excluding hydrogens is 1040 g/mol. The van der Waals surface area contributed by atoms with Crippen LogP contribution in [0.25, 0.3) is 22.3 Å². The second-order valence-electron chi connectivity index (χ2n) is 26.7. The predicted octanol–water partition coefficient (Wildman–Crippen LogP) is 21.8. The molecule has 3 fully saturated rings. The Morgan fingerprint density at radius 3 is 1.28 bits per heavy atom. The van der Waals surface area contributed by atoms with E-state index < -0.39 is 7.92 Å². The molecule has 10 rings (SSSR count). The highest BCUT2D eigenvalue weighted by atomic mass is 31.1. The molecule has 7 aromatic rings. The van der Waals surface area contributed by atoms with Crippen molar-refractivity contribution in [2.24, 2.45) is 4.99 Å². The Kier molecular flexibility index (Phi) is 23.7. The molecule has 0 saturated heterocycles. The van der Waals surface area contributed by atoms with Gasteiger partial charge < -0.3 is 0 Å². The highest BCUT2D eigenvalue weighted by Crippen LogP contribution is 2.60. The molecule has 0 amide bonds. The Hall–Kier alpha value is -4.50. The van der Waals surface area contributed by atoms with E-state index in [1.54, 1.807) is 27.6 Å². The van der Waals surface area contributed by atoms with Gasteiger partial charge in [-0.15, -0.1) is 0 Å². The van der Waals surface area contributed by atoms with E-state index in [2.05, 4.69) is 265 Å². The number of benzene rings is 7. The third kappa shape index (κ3) is 16.9. The molecule has 82 heavy (non-hydrogen) atoms. The van der Waals surface area contributed by atoms with E-state index in [9.17, 15) is 0 Å². The Morgan fingerprint density at radius 1 is 0.415 bits per heavy atom. The third-order valence-electron chi connectivity index (χ3n) is 17.3. The van der Waals surface area contributed by atoms with Crippen LogP contribution in [0, 0.1) is 0 Å². The molecule has 3 aliphatic carbocycles. The number of hydrogen-bond acceptors (Lipinski definition) is 1. The Labute approximate surface area is 503 Å². The van der Waals surface area contributed by atoms with Crippen LogP contribution in [0.5, 0.6) is 0 Å². The first-order valence-electron chi connectivity index (χ1n) is 32.0. The minimum absolute atomic E-state index is 0.120. The van der Waals surface area contributed by atoms with Crippen molar-refractivity contribution in [3.8, 4) is 22.3 Å². The van der Waals surface area contributed by atoms with E-state index >= 15 is 0 Å². The predicted molar refractivity (Wildman–Crippen MR) is 372 cm³/mol. The number of rotatable bonds is 14. The second-order valence-corrected chi connectivity index (χ2v) is 35.5. The Morgan fingerprint density at radius 2 is 0.817 bits per heavy atom. The molecule has 0 aliphatic heterocycles. The molecule has 0 aromatic heterocycles. The first-order valence-corrected chi connectivity index (χ1v) is 36.2. The summed E-state index contributed by atoms with van der Waals surface area (Å²) in [5.74, 6) is 1.64. The standard InChI is InChI=1S/C33H49P.C25H26NP.C20H27P/c1-23(2)26-21-30(24(3)4)33(31(22-26)25(5)6)29-19-13-14-20-32(29)34(27-15-9-7-10-16-27)28-17-11-8-12-18-28;1-4-13-22(14-5-1)26-20-21-12-10-11-19-25(21)27(23-15-6-2-7-16-23)24-17-8-3-9-18-24;1-19(2,3)21(20(4,5)6)18-15-11-10-14-17(18)16-12-8-7-9-13-16/h13-14,19-25,27-28H,7-12,15-18H2,1-6H3;2-3,6-12,15-20,22H,1,4-5,13-14H2;7-15H,1-6H3. The lowest BCUT2D eigenvalue weighted by Gasteiger charge is -2.42. The SMILES string of the molecule is C(=NC1CCCCC1)c1ccccc1P(c1ccccc1)c1ccccc1.CC(C)(C)P(c1ccccc1-c1ccccc1)C(C)(C)C.CC(C)c1cc(C(C)C)c(-c2ccccc2P(C2CCCCC2)C2CCCCC2)c(C(C)C)c1. The number of nitrogens with zero attached hydrogens (tertiary/aromatic N) is 1. The van der Waals surface area contributed by atoms with E-state index in [0.29, 0.717) is 34.1 Å². The van der Waals surface area contributed by atoms with Crippen LogP contribution in [0.1, 0.15) is 219 Å². The summed E-state index contributed by atoms with van der Waals surface area (Å²) in [6.07, 6.45) is 23.3. The Bertz CT molecular complexity index is 2930. The van der Waals surface area contributed by atoms with Gasteiger partial charge >= 0.3 is 0 Å². The molecule has 0 heterocycles. The van der Waals surface area contributed by atoms with Crippen LogP contribution in [-0.4, -0.2) is 33.9 Å². The summed E-state index contributed by atoms with van der Waals surface area (Å²) in [5, 5.41) is 8.02. The Balaban J connectivity index is 0.000000166. The maximum Gasteiger partial charge on any atom is 0.0499 e. The van der Waals surface area contributed by atoms with Crippen molar-refractivity contribution < 1.29 is 0 Å². The van der Waals surface area contributed by atoms with Gasteiger partial charge in [0.25, 0.3) is 0 Å². The molecule has 4 heteroatoms. The van der Waals surface area contributed by atoms with Gasteiger partial charge in [-0.05, 0) is 151 Å². The van der Waals surface area contributed by atoms with Gasteiger partial charge in [-0.25, -0.2) is 0 Å². The molecule has 0 radical (unpaired) electrons. The van der Waals surface area contributed by atoms with Gasteiger partial charge in [0.2, 0.25) is 0 Å². The van der Waals surface area contributed by atoms with Gasteiger partial charge in [-0.2, -0.15) is 0 Å². The average Bonchev–Trinajstić information content (AvgIpc) is 3.64. The summed E-state index contributed by atoms with van der Waals surface area (Å²) in [6.45, 7) is 28.6. The van der Waals surface area contributed by atoms with Crippen molar-refractivity contribution in [3.05, 3.63) is 198 Å². The minimum Gasteiger partial charge on any atom is -0.289 e. The summed E-state index contributed by atoms with van der Waals surface area (Å²) in [4.78, 5) is 4.97. The lowest BCUT2D eigenvalue weighted by Crippen LogP contribution is -2.31. The van der Waals surface area contributed by atoms with E-state index in [1.807, 2.05) is 0 Å². The van der Waals surface area contributed by atoms with Gasteiger partial charge in [0.1, 0.15) is 0 Å². The van der Waals surface area contributed by atoms with E-state index in [1.165, 1.54) is 140 Å². The van der Waals surface area contributed by atoms with Crippen LogP contribution < -0.4 is 26.5 Å². The van der Waals surface area contributed by atoms with Crippen LogP contribution in [-0.2, 0) is 0 Å². The average molecular weight is 1150 g/mol. The van der Waals surface area contributed by atoms with Crippen LogP contribution in [0.15, 0.2) is 181 Å². The van der Waals surface area contributed by atoms with Crippen molar-refractivity contribution in [1.29, 1.82) is 0 Å². The molecule has 1 nitrogen and oxygen atoms in total. The molecule has 0 unspecified atom stereocenters. The zero-order chi connectivity index (χ0) is 58.2. The van der Waals surface area contributed by atoms with Gasteiger partial charge in [-0.3, -0.25) is 4.99 Å². The monoisotopic (exact) mass is 1150 g/mol. The summed E-state index contributed by atoms with van der Waals surface area (Å²) in [5.41, 5.74) is 13.7. The van der Waals surface area contributed by atoms with E-state index in [0.717, 1.165) is 11.3 Å². The highest BCUT2D eigenvalue weighted by molar-refractivity contribution is 7.80. The zero-order valence-electron chi connectivity index (χ0n) is 52.7. The van der Waals surface area contributed by atoms with Gasteiger partial charge in [0.15, 0.2) is 0 Å². The number of hydrogen-bond donors (Lipinski definition) is 0. The zero-order valence-corrected chi connectivity index (χ0v) is 55.4.